The fraction of sp³-hybridized carbons (Fsp3) is 0.438. The van der Waals surface area contributed by atoms with Gasteiger partial charge in [-0.1, -0.05) is 37.3 Å². The smallest absolute Gasteiger partial charge is 0.109 e. The van der Waals surface area contributed by atoms with Crippen LogP contribution in [0.3, 0.4) is 0 Å². The van der Waals surface area contributed by atoms with Crippen LogP contribution < -0.4 is 11.1 Å². The van der Waals surface area contributed by atoms with Gasteiger partial charge in [-0.15, -0.1) is 11.3 Å². The number of hydrogen-bond donors (Lipinski definition) is 2. The Morgan fingerprint density at radius 1 is 1.25 bits per heavy atom. The highest BCUT2D eigenvalue weighted by molar-refractivity contribution is 7.11. The Bertz CT molecular complexity index is 524. The maximum atomic E-state index is 6.31. The van der Waals surface area contributed by atoms with E-state index >= 15 is 0 Å². The molecule has 3 atom stereocenters. The van der Waals surface area contributed by atoms with Gasteiger partial charge < -0.3 is 11.1 Å². The highest BCUT2D eigenvalue weighted by atomic mass is 32.1. The Hall–Kier alpha value is -1.23. The van der Waals surface area contributed by atoms with Gasteiger partial charge in [-0.25, -0.2) is 4.98 Å². The normalized spacial score (nSPS) is 15.8. The van der Waals surface area contributed by atoms with E-state index in [9.17, 15) is 0 Å². The number of benzene rings is 1. The first kappa shape index (κ1) is 15.2. The monoisotopic (exact) mass is 289 g/mol. The second-order valence-corrected chi connectivity index (χ2v) is 6.62. The van der Waals surface area contributed by atoms with Gasteiger partial charge in [0.2, 0.25) is 0 Å². The van der Waals surface area contributed by atoms with Crippen LogP contribution in [0.1, 0.15) is 41.4 Å². The third kappa shape index (κ3) is 3.88. The van der Waals surface area contributed by atoms with Gasteiger partial charge in [-0.2, -0.15) is 0 Å². The summed E-state index contributed by atoms with van der Waals surface area (Å²) in [7, 11) is 0. The number of nitrogens with one attached hydrogen (secondary N) is 1. The Kier molecular flexibility index (Phi) is 5.29. The molecular weight excluding hydrogens is 266 g/mol. The zero-order valence-corrected chi connectivity index (χ0v) is 13.2. The molecule has 20 heavy (non-hydrogen) atoms. The fourth-order valence-corrected chi connectivity index (χ4v) is 2.95. The molecule has 1 aromatic heterocycles. The van der Waals surface area contributed by atoms with Gasteiger partial charge in [0.15, 0.2) is 0 Å². The Balaban J connectivity index is 1.87. The molecule has 0 saturated carbocycles. The molecule has 2 aromatic rings. The quantitative estimate of drug-likeness (QED) is 0.856. The Labute approximate surface area is 125 Å². The van der Waals surface area contributed by atoms with Crippen molar-refractivity contribution in [1.82, 2.24) is 10.3 Å². The molecule has 0 aliphatic rings. The van der Waals surface area contributed by atoms with Gasteiger partial charge >= 0.3 is 0 Å². The average Bonchev–Trinajstić information content (AvgIpc) is 2.91. The molecule has 0 aliphatic heterocycles. The van der Waals surface area contributed by atoms with E-state index in [1.54, 1.807) is 11.3 Å². The molecule has 0 saturated heterocycles. The summed E-state index contributed by atoms with van der Waals surface area (Å²) in [6, 6.07) is 10.6. The molecule has 0 bridgehead atoms. The molecule has 3 nitrogen and oxygen atoms in total. The molecule has 0 radical (unpaired) electrons. The highest BCUT2D eigenvalue weighted by Crippen LogP contribution is 2.21. The number of rotatable bonds is 6. The van der Waals surface area contributed by atoms with Crippen LogP contribution >= 0.6 is 11.3 Å². The molecule has 3 N–H and O–H groups in total. The first-order valence-electron chi connectivity index (χ1n) is 7.04. The van der Waals surface area contributed by atoms with Crippen molar-refractivity contribution in [3.05, 3.63) is 52.0 Å². The lowest BCUT2D eigenvalue weighted by molar-refractivity contribution is 0.410. The minimum absolute atomic E-state index is 0.0638. The van der Waals surface area contributed by atoms with Crippen molar-refractivity contribution in [3.63, 3.8) is 0 Å². The number of aromatic nitrogens is 1. The standard InChI is InChI=1S/C16H23N3S/c1-11(15(17)14-7-5-4-6-8-14)9-18-13(3)16-19-10-12(2)20-16/h4-8,10-11,13,15,18H,9,17H2,1-3H3. The summed E-state index contributed by atoms with van der Waals surface area (Å²) in [6.45, 7) is 7.31. The van der Waals surface area contributed by atoms with Crippen LogP contribution in [0, 0.1) is 12.8 Å². The molecule has 0 spiro atoms. The predicted molar refractivity (Wildman–Crippen MR) is 85.8 cm³/mol. The maximum absolute atomic E-state index is 6.31. The third-order valence-corrected chi connectivity index (χ3v) is 4.65. The van der Waals surface area contributed by atoms with E-state index in [1.807, 2.05) is 24.4 Å². The molecule has 0 amide bonds. The van der Waals surface area contributed by atoms with E-state index in [0.717, 1.165) is 11.6 Å². The summed E-state index contributed by atoms with van der Waals surface area (Å²) in [5, 5.41) is 4.67. The number of thiazole rings is 1. The Morgan fingerprint density at radius 2 is 1.95 bits per heavy atom. The van der Waals surface area contributed by atoms with Crippen LogP contribution in [-0.2, 0) is 0 Å². The van der Waals surface area contributed by atoms with E-state index < -0.39 is 0 Å². The molecule has 4 heteroatoms. The van der Waals surface area contributed by atoms with Crippen LogP contribution in [0.5, 0.6) is 0 Å². The van der Waals surface area contributed by atoms with Gasteiger partial charge in [0.05, 0.1) is 6.04 Å². The molecule has 3 unspecified atom stereocenters. The minimum atomic E-state index is 0.0638. The van der Waals surface area contributed by atoms with Gasteiger partial charge in [0.25, 0.3) is 0 Å². The van der Waals surface area contributed by atoms with Crippen LogP contribution in [0.2, 0.25) is 0 Å². The number of nitrogens with zero attached hydrogens (tertiary/aromatic N) is 1. The molecule has 1 heterocycles. The second-order valence-electron chi connectivity index (χ2n) is 5.35. The topological polar surface area (TPSA) is 50.9 Å². The molecule has 108 valence electrons. The SMILES string of the molecule is Cc1cnc(C(C)NCC(C)C(N)c2ccccc2)s1. The van der Waals surface area contributed by atoms with E-state index in [0.29, 0.717) is 5.92 Å². The van der Waals surface area contributed by atoms with Crippen molar-refractivity contribution in [2.24, 2.45) is 11.7 Å². The predicted octanol–water partition coefficient (Wildman–Crippen LogP) is 3.44. The zero-order valence-electron chi connectivity index (χ0n) is 12.3. The number of nitrogens with two attached hydrogens (primary N) is 1. The largest absolute Gasteiger partial charge is 0.324 e. The van der Waals surface area contributed by atoms with Gasteiger partial charge in [0, 0.05) is 23.7 Å². The number of hydrogen-bond acceptors (Lipinski definition) is 4. The summed E-state index contributed by atoms with van der Waals surface area (Å²) in [5.74, 6) is 0.376. The minimum Gasteiger partial charge on any atom is -0.324 e. The van der Waals surface area contributed by atoms with Crippen molar-refractivity contribution in [1.29, 1.82) is 0 Å². The lowest BCUT2D eigenvalue weighted by Crippen LogP contribution is -2.31. The van der Waals surface area contributed by atoms with E-state index in [2.05, 4.69) is 43.2 Å². The summed E-state index contributed by atoms with van der Waals surface area (Å²) in [4.78, 5) is 5.67. The van der Waals surface area contributed by atoms with Crippen LogP contribution in [0.4, 0.5) is 0 Å². The van der Waals surface area contributed by atoms with E-state index in [4.69, 9.17) is 5.73 Å². The van der Waals surface area contributed by atoms with Crippen molar-refractivity contribution in [2.75, 3.05) is 6.54 Å². The van der Waals surface area contributed by atoms with Gasteiger partial charge in [0.1, 0.15) is 5.01 Å². The first-order chi connectivity index (χ1) is 9.58. The van der Waals surface area contributed by atoms with Gasteiger partial charge in [-0.3, -0.25) is 0 Å². The average molecular weight is 289 g/mol. The van der Waals surface area contributed by atoms with Crippen molar-refractivity contribution >= 4 is 11.3 Å². The zero-order chi connectivity index (χ0) is 14.5. The molecular formula is C16H23N3S. The summed E-state index contributed by atoms with van der Waals surface area (Å²) in [5.41, 5.74) is 7.51. The second kappa shape index (κ2) is 6.97. The highest BCUT2D eigenvalue weighted by Gasteiger charge is 2.16. The molecule has 1 aromatic carbocycles. The fourth-order valence-electron chi connectivity index (χ4n) is 2.15. The van der Waals surface area contributed by atoms with Crippen molar-refractivity contribution < 1.29 is 0 Å². The van der Waals surface area contributed by atoms with Gasteiger partial charge in [-0.05, 0) is 25.3 Å². The van der Waals surface area contributed by atoms with E-state index in [-0.39, 0.29) is 12.1 Å². The lowest BCUT2D eigenvalue weighted by Gasteiger charge is -2.22. The maximum Gasteiger partial charge on any atom is 0.109 e. The van der Waals surface area contributed by atoms with Crippen LogP contribution in [-0.4, -0.2) is 11.5 Å². The van der Waals surface area contributed by atoms with Crippen molar-refractivity contribution in [2.45, 2.75) is 32.9 Å². The summed E-state index contributed by atoms with van der Waals surface area (Å²) < 4.78 is 0. The first-order valence-corrected chi connectivity index (χ1v) is 7.86. The number of aryl methyl sites for hydroxylation is 1. The summed E-state index contributed by atoms with van der Waals surface area (Å²) in [6.07, 6.45) is 1.93. The van der Waals surface area contributed by atoms with Crippen LogP contribution in [0.25, 0.3) is 0 Å². The Morgan fingerprint density at radius 3 is 2.55 bits per heavy atom. The molecule has 0 fully saturated rings. The third-order valence-electron chi connectivity index (χ3n) is 3.55. The molecule has 2 rings (SSSR count). The van der Waals surface area contributed by atoms with E-state index in [1.165, 1.54) is 10.4 Å². The molecule has 0 aliphatic carbocycles. The summed E-state index contributed by atoms with van der Waals surface area (Å²) >= 11 is 1.75. The van der Waals surface area contributed by atoms with Crippen molar-refractivity contribution in [3.8, 4) is 0 Å². The lowest BCUT2D eigenvalue weighted by atomic mass is 9.95. The van der Waals surface area contributed by atoms with Crippen LogP contribution in [0.15, 0.2) is 36.5 Å².